The predicted octanol–water partition coefficient (Wildman–Crippen LogP) is 5.47. The molecule has 13 nitrogen and oxygen atoms in total. The van der Waals surface area contributed by atoms with Crippen LogP contribution < -0.4 is 19.5 Å². The summed E-state index contributed by atoms with van der Waals surface area (Å²) < 4.78 is 21.7. The first-order chi connectivity index (χ1) is 27.0. The zero-order valence-electron chi connectivity index (χ0n) is 32.7. The van der Waals surface area contributed by atoms with Gasteiger partial charge in [-0.1, -0.05) is 35.3 Å². The van der Waals surface area contributed by atoms with Crippen LogP contribution in [0.3, 0.4) is 0 Å². The Hall–Kier alpha value is -4.30. The Labute approximate surface area is 339 Å². The number of nitrogens with one attached hydrogen (secondary N) is 1. The number of piperidine rings is 1. The average Bonchev–Trinajstić information content (AvgIpc) is 3.67. The van der Waals surface area contributed by atoms with Gasteiger partial charge in [-0.15, -0.1) is 0 Å². The summed E-state index contributed by atoms with van der Waals surface area (Å²) >= 11 is 13.0. The van der Waals surface area contributed by atoms with E-state index in [4.69, 9.17) is 42.1 Å². The Morgan fingerprint density at radius 1 is 0.804 bits per heavy atom. The molecule has 1 N–H and O–H groups in total. The number of piperazine rings is 1. The summed E-state index contributed by atoms with van der Waals surface area (Å²) in [4.78, 5) is 52.5. The molecule has 0 unspecified atom stereocenters. The van der Waals surface area contributed by atoms with E-state index >= 15 is 0 Å². The van der Waals surface area contributed by atoms with Crippen molar-refractivity contribution in [2.45, 2.75) is 43.6 Å². The number of likely N-dealkylation sites (tertiary alicyclic amines) is 2. The van der Waals surface area contributed by atoms with Gasteiger partial charge < -0.3 is 39.0 Å². The van der Waals surface area contributed by atoms with Gasteiger partial charge in [-0.05, 0) is 80.6 Å². The average molecular weight is 812 g/mol. The highest BCUT2D eigenvalue weighted by atomic mass is 35.5. The minimum atomic E-state index is -0.581. The fourth-order valence-electron chi connectivity index (χ4n) is 8.29. The topological polar surface area (TPSA) is 126 Å². The van der Waals surface area contributed by atoms with Crippen molar-refractivity contribution in [1.29, 1.82) is 0 Å². The van der Waals surface area contributed by atoms with Crippen LogP contribution in [0.1, 0.15) is 54.1 Å². The molecule has 3 fully saturated rings. The molecule has 0 saturated carbocycles. The van der Waals surface area contributed by atoms with Crippen molar-refractivity contribution in [3.63, 3.8) is 0 Å². The molecular formula is C41H52Cl2N6O7. The monoisotopic (exact) mass is 810 g/mol. The quantitative estimate of drug-likeness (QED) is 0.222. The highest BCUT2D eigenvalue weighted by Crippen LogP contribution is 2.43. The van der Waals surface area contributed by atoms with Crippen molar-refractivity contribution in [2.24, 2.45) is 0 Å². The largest absolute Gasteiger partial charge is 0.493 e. The van der Waals surface area contributed by atoms with Gasteiger partial charge in [-0.25, -0.2) is 4.79 Å². The lowest BCUT2D eigenvalue weighted by Crippen LogP contribution is -2.59. The molecule has 1 atom stereocenters. The van der Waals surface area contributed by atoms with Gasteiger partial charge in [0.2, 0.25) is 5.75 Å². The third kappa shape index (κ3) is 9.12. The molecule has 6 rings (SSSR count). The summed E-state index contributed by atoms with van der Waals surface area (Å²) in [7, 11) is 4.60. The number of hydrogen-bond acceptors (Lipinski definition) is 10. The molecule has 15 heteroatoms. The molecule has 3 saturated heterocycles. The minimum absolute atomic E-state index is 0.112. The van der Waals surface area contributed by atoms with Crippen LogP contribution >= 0.6 is 23.2 Å². The van der Waals surface area contributed by atoms with Crippen LogP contribution in [0.2, 0.25) is 10.0 Å². The number of hydrogen-bond donors (Lipinski definition) is 1. The van der Waals surface area contributed by atoms with Gasteiger partial charge in [0.05, 0.1) is 50.1 Å². The normalized spacial score (nSPS) is 20.0. The summed E-state index contributed by atoms with van der Waals surface area (Å²) in [6.45, 7) is 7.99. The Kier molecular flexibility index (Phi) is 13.5. The maximum atomic E-state index is 14.1. The molecule has 2 aromatic carbocycles. The van der Waals surface area contributed by atoms with E-state index in [1.165, 1.54) is 21.3 Å². The van der Waals surface area contributed by atoms with E-state index in [1.54, 1.807) is 25.3 Å². The maximum Gasteiger partial charge on any atom is 0.320 e. The number of carbonyl (C=O) groups is 3. The fraction of sp³-hybridized carbons (Fsp3) is 0.512. The predicted molar refractivity (Wildman–Crippen MR) is 214 cm³/mol. The lowest BCUT2D eigenvalue weighted by atomic mass is 9.76. The zero-order chi connectivity index (χ0) is 39.9. The molecule has 302 valence electrons. The van der Waals surface area contributed by atoms with Crippen LogP contribution in [-0.2, 0) is 20.5 Å². The van der Waals surface area contributed by atoms with Gasteiger partial charge in [0.15, 0.2) is 11.5 Å². The number of halogens is 2. The number of benzene rings is 2. The summed E-state index contributed by atoms with van der Waals surface area (Å²) in [5.41, 5.74) is 1.53. The van der Waals surface area contributed by atoms with Crippen molar-refractivity contribution < 1.29 is 33.3 Å². The molecule has 0 bridgehead atoms. The van der Waals surface area contributed by atoms with Crippen LogP contribution in [0.25, 0.3) is 0 Å². The molecule has 1 aromatic heterocycles. The second-order valence-corrected chi connectivity index (χ2v) is 15.5. The smallest absolute Gasteiger partial charge is 0.320 e. The van der Waals surface area contributed by atoms with Crippen molar-refractivity contribution in [3.05, 3.63) is 81.6 Å². The number of pyridine rings is 1. The highest BCUT2D eigenvalue weighted by molar-refractivity contribution is 6.42. The van der Waals surface area contributed by atoms with Gasteiger partial charge in [0, 0.05) is 75.7 Å². The van der Waals surface area contributed by atoms with Crippen LogP contribution in [0.5, 0.6) is 17.2 Å². The van der Waals surface area contributed by atoms with E-state index in [0.29, 0.717) is 91.6 Å². The van der Waals surface area contributed by atoms with E-state index < -0.39 is 5.54 Å². The number of carbonyl (C=O) groups excluding carboxylic acids is 3. The Morgan fingerprint density at radius 2 is 1.52 bits per heavy atom. The van der Waals surface area contributed by atoms with Crippen molar-refractivity contribution in [2.75, 3.05) is 93.4 Å². The molecule has 0 aliphatic carbocycles. The van der Waals surface area contributed by atoms with Gasteiger partial charge in [-0.3, -0.25) is 19.5 Å². The Morgan fingerprint density at radius 3 is 2.12 bits per heavy atom. The highest BCUT2D eigenvalue weighted by Gasteiger charge is 2.44. The van der Waals surface area contributed by atoms with Gasteiger partial charge in [0.25, 0.3) is 5.91 Å². The summed E-state index contributed by atoms with van der Waals surface area (Å²) in [5, 5.41) is 4.39. The number of nitrogens with zero attached hydrogens (tertiary/aromatic N) is 5. The first kappa shape index (κ1) is 41.3. The second kappa shape index (κ2) is 18.3. The maximum absolute atomic E-state index is 14.1. The standard InChI is InChI=1S/C41H52Cl2N6O7/c1-5-56-36(50)27-47-19-21-48(22-20-47)39(52)45-41(31-7-6-14-44-26-31)12-16-46(17-13-41)15-10-40(30-8-9-32(42)33(43)25-30)11-18-49(28-40)38(51)29-23-34(53-2)37(55-4)35(24-29)54-3/h6-9,14,23-26H,5,10-13,15-22,27-28H2,1-4H3,(H,45,52)/t40-/m0/s1. The van der Waals surface area contributed by atoms with Crippen LogP contribution in [0.4, 0.5) is 4.79 Å². The lowest BCUT2D eigenvalue weighted by molar-refractivity contribution is -0.144. The van der Waals surface area contributed by atoms with Crippen molar-refractivity contribution in [3.8, 4) is 17.2 Å². The molecule has 3 amide bonds. The van der Waals surface area contributed by atoms with E-state index in [-0.39, 0.29) is 29.9 Å². The summed E-state index contributed by atoms with van der Waals surface area (Å²) in [5.74, 6) is 0.897. The SMILES string of the molecule is CCOC(=O)CN1CCN(C(=O)NC2(c3cccnc3)CCN(CC[C@]3(c4ccc(Cl)c(Cl)c4)CCN(C(=O)c4cc(OC)c(OC)c(OC)c4)C3)CC2)CC1. The molecule has 4 heterocycles. The molecule has 56 heavy (non-hydrogen) atoms. The molecule has 3 aromatic rings. The Bertz CT molecular complexity index is 1830. The fourth-order valence-corrected chi connectivity index (χ4v) is 8.59. The Balaban J connectivity index is 1.15. The summed E-state index contributed by atoms with van der Waals surface area (Å²) in [6, 6.07) is 13.0. The number of esters is 1. The van der Waals surface area contributed by atoms with Gasteiger partial charge >= 0.3 is 12.0 Å². The second-order valence-electron chi connectivity index (χ2n) is 14.7. The number of urea groups is 1. The molecule has 0 radical (unpaired) electrons. The van der Waals surface area contributed by atoms with Crippen molar-refractivity contribution in [1.82, 2.24) is 29.9 Å². The molecule has 3 aliphatic rings. The van der Waals surface area contributed by atoms with Crippen LogP contribution in [-0.4, -0.2) is 136 Å². The van der Waals surface area contributed by atoms with E-state index in [2.05, 4.69) is 15.2 Å². The van der Waals surface area contributed by atoms with Crippen molar-refractivity contribution >= 4 is 41.1 Å². The van der Waals surface area contributed by atoms with Crippen LogP contribution in [0.15, 0.2) is 54.9 Å². The number of ether oxygens (including phenoxy) is 4. The lowest BCUT2D eigenvalue weighted by Gasteiger charge is -2.45. The molecule has 0 spiro atoms. The van der Waals surface area contributed by atoms with E-state index in [0.717, 1.165) is 43.6 Å². The molecular weight excluding hydrogens is 759 g/mol. The number of methoxy groups -OCH3 is 3. The first-order valence-electron chi connectivity index (χ1n) is 19.2. The minimum Gasteiger partial charge on any atom is -0.493 e. The van der Waals surface area contributed by atoms with Crippen LogP contribution in [0, 0.1) is 0 Å². The number of amides is 3. The third-order valence-corrected chi connectivity index (χ3v) is 12.3. The van der Waals surface area contributed by atoms with E-state index in [1.807, 2.05) is 51.2 Å². The summed E-state index contributed by atoms with van der Waals surface area (Å²) in [6.07, 6.45) is 6.54. The molecule has 3 aliphatic heterocycles. The third-order valence-electron chi connectivity index (χ3n) is 11.6. The first-order valence-corrected chi connectivity index (χ1v) is 19.9. The zero-order valence-corrected chi connectivity index (χ0v) is 34.2. The van der Waals surface area contributed by atoms with E-state index in [9.17, 15) is 14.4 Å². The number of aromatic nitrogens is 1. The van der Waals surface area contributed by atoms with Gasteiger partial charge in [-0.2, -0.15) is 0 Å². The van der Waals surface area contributed by atoms with Gasteiger partial charge in [0.1, 0.15) is 0 Å². The number of rotatable bonds is 13.